The van der Waals surface area contributed by atoms with E-state index >= 15 is 0 Å². The summed E-state index contributed by atoms with van der Waals surface area (Å²) in [6.07, 6.45) is 0. The molecule has 3 aromatic rings. The lowest BCUT2D eigenvalue weighted by molar-refractivity contribution is 0.407. The summed E-state index contributed by atoms with van der Waals surface area (Å²) < 4.78 is 10.6. The van der Waals surface area contributed by atoms with Gasteiger partial charge in [0.1, 0.15) is 0 Å². The van der Waals surface area contributed by atoms with Gasteiger partial charge in [-0.3, -0.25) is 0 Å². The van der Waals surface area contributed by atoms with Crippen LogP contribution in [0.4, 0.5) is 0 Å². The molecule has 100 valence electrons. The Labute approximate surface area is 116 Å². The molecule has 1 heterocycles. The smallest absolute Gasteiger partial charge is 0.344 e. The number of methoxy groups -OCH3 is 1. The molecular weight excluding hydrogens is 252 g/mol. The topological polar surface area (TPSA) is 39.4 Å². The largest absolute Gasteiger partial charge is 0.493 e. The summed E-state index contributed by atoms with van der Waals surface area (Å²) in [5, 5.41) is 0.847. The number of aryl methyl sites for hydroxylation is 1. The Morgan fingerprint density at radius 3 is 2.50 bits per heavy atom. The standard InChI is InChI=1S/C17H14O3/c1-11-6-8-12(9-7-11)14-10-13-4-3-5-15(19-2)16(13)20-17(14)18/h3-10H,1-2H3. The molecule has 20 heavy (non-hydrogen) atoms. The van der Waals surface area contributed by atoms with Crippen molar-refractivity contribution in [3.05, 3.63) is 64.5 Å². The van der Waals surface area contributed by atoms with Crippen LogP contribution >= 0.6 is 0 Å². The van der Waals surface area contributed by atoms with E-state index < -0.39 is 0 Å². The van der Waals surface area contributed by atoms with Crippen molar-refractivity contribution >= 4 is 11.0 Å². The summed E-state index contributed by atoms with van der Waals surface area (Å²) in [4.78, 5) is 12.2. The minimum absolute atomic E-state index is 0.356. The van der Waals surface area contributed by atoms with E-state index in [1.54, 1.807) is 13.2 Å². The highest BCUT2D eigenvalue weighted by Gasteiger charge is 2.10. The first kappa shape index (κ1) is 12.5. The second kappa shape index (κ2) is 4.85. The molecule has 0 spiro atoms. The fourth-order valence-corrected chi connectivity index (χ4v) is 2.21. The number of benzene rings is 2. The summed E-state index contributed by atoms with van der Waals surface area (Å²) in [6.45, 7) is 2.01. The maximum absolute atomic E-state index is 12.2. The van der Waals surface area contributed by atoms with Crippen LogP contribution in [0, 0.1) is 6.92 Å². The van der Waals surface area contributed by atoms with E-state index in [4.69, 9.17) is 9.15 Å². The first-order valence-electron chi connectivity index (χ1n) is 6.37. The minimum Gasteiger partial charge on any atom is -0.493 e. The Kier molecular flexibility index (Phi) is 3.03. The molecule has 0 bridgehead atoms. The maximum atomic E-state index is 12.2. The Morgan fingerprint density at radius 2 is 1.80 bits per heavy atom. The van der Waals surface area contributed by atoms with Crippen LogP contribution in [0.3, 0.4) is 0 Å². The van der Waals surface area contributed by atoms with E-state index in [-0.39, 0.29) is 5.63 Å². The number of para-hydroxylation sites is 1. The average molecular weight is 266 g/mol. The molecule has 0 fully saturated rings. The van der Waals surface area contributed by atoms with Crippen LogP contribution < -0.4 is 10.4 Å². The number of ether oxygens (including phenoxy) is 1. The molecule has 0 radical (unpaired) electrons. The predicted octanol–water partition coefficient (Wildman–Crippen LogP) is 3.78. The first-order valence-corrected chi connectivity index (χ1v) is 6.37. The zero-order chi connectivity index (χ0) is 14.1. The molecule has 0 N–H and O–H groups in total. The van der Waals surface area contributed by atoms with E-state index in [9.17, 15) is 4.79 Å². The first-order chi connectivity index (χ1) is 9.69. The van der Waals surface area contributed by atoms with Gasteiger partial charge >= 0.3 is 5.63 Å². The molecule has 0 aliphatic carbocycles. The Balaban J connectivity index is 2.25. The van der Waals surface area contributed by atoms with Crippen molar-refractivity contribution in [1.82, 2.24) is 0 Å². The molecular formula is C17H14O3. The monoisotopic (exact) mass is 266 g/mol. The van der Waals surface area contributed by atoms with E-state index in [2.05, 4.69) is 0 Å². The molecule has 0 saturated carbocycles. The lowest BCUT2D eigenvalue weighted by Crippen LogP contribution is -2.03. The maximum Gasteiger partial charge on any atom is 0.344 e. The van der Waals surface area contributed by atoms with Gasteiger partial charge in [0.25, 0.3) is 0 Å². The van der Waals surface area contributed by atoms with Crippen LogP contribution in [0.1, 0.15) is 5.56 Å². The van der Waals surface area contributed by atoms with Crippen molar-refractivity contribution in [2.75, 3.05) is 7.11 Å². The third kappa shape index (κ3) is 2.07. The van der Waals surface area contributed by atoms with Gasteiger partial charge in [0, 0.05) is 5.39 Å². The van der Waals surface area contributed by atoms with Gasteiger partial charge in [-0.2, -0.15) is 0 Å². The van der Waals surface area contributed by atoms with Crippen molar-refractivity contribution in [1.29, 1.82) is 0 Å². The number of hydrogen-bond acceptors (Lipinski definition) is 3. The second-order valence-corrected chi connectivity index (χ2v) is 4.69. The predicted molar refractivity (Wildman–Crippen MR) is 79.2 cm³/mol. The average Bonchev–Trinajstić information content (AvgIpc) is 2.47. The molecule has 3 heteroatoms. The molecule has 0 unspecified atom stereocenters. The molecule has 2 aromatic carbocycles. The van der Waals surface area contributed by atoms with Gasteiger partial charge in [0.15, 0.2) is 11.3 Å². The summed E-state index contributed by atoms with van der Waals surface area (Å²) in [6, 6.07) is 15.2. The zero-order valence-corrected chi connectivity index (χ0v) is 11.3. The third-order valence-corrected chi connectivity index (χ3v) is 3.31. The van der Waals surface area contributed by atoms with Gasteiger partial charge < -0.3 is 9.15 Å². The molecule has 0 aliphatic rings. The minimum atomic E-state index is -0.356. The van der Waals surface area contributed by atoms with Gasteiger partial charge in [-0.1, -0.05) is 42.0 Å². The highest BCUT2D eigenvalue weighted by molar-refractivity contribution is 5.86. The Morgan fingerprint density at radius 1 is 1.05 bits per heavy atom. The van der Waals surface area contributed by atoms with Crippen LogP contribution in [0.15, 0.2) is 57.7 Å². The number of hydrogen-bond donors (Lipinski definition) is 0. The van der Waals surface area contributed by atoms with Gasteiger partial charge in [-0.05, 0) is 24.6 Å². The molecule has 3 rings (SSSR count). The van der Waals surface area contributed by atoms with E-state index in [1.807, 2.05) is 49.4 Å². The Bertz CT molecular complexity index is 814. The molecule has 0 amide bonds. The van der Waals surface area contributed by atoms with Crippen LogP contribution in [0.2, 0.25) is 0 Å². The number of fused-ring (bicyclic) bond motifs is 1. The molecule has 0 atom stereocenters. The van der Waals surface area contributed by atoms with Gasteiger partial charge in [-0.25, -0.2) is 4.79 Å². The van der Waals surface area contributed by atoms with Gasteiger partial charge in [-0.15, -0.1) is 0 Å². The van der Waals surface area contributed by atoms with Gasteiger partial charge in [0.2, 0.25) is 0 Å². The van der Waals surface area contributed by atoms with Crippen molar-refractivity contribution in [3.8, 4) is 16.9 Å². The fraction of sp³-hybridized carbons (Fsp3) is 0.118. The summed E-state index contributed by atoms with van der Waals surface area (Å²) in [7, 11) is 1.56. The molecule has 0 saturated heterocycles. The van der Waals surface area contributed by atoms with Crippen molar-refractivity contribution in [3.63, 3.8) is 0 Å². The van der Waals surface area contributed by atoms with E-state index in [0.717, 1.165) is 16.5 Å². The van der Waals surface area contributed by atoms with Crippen LogP contribution in [-0.2, 0) is 0 Å². The number of rotatable bonds is 2. The lowest BCUT2D eigenvalue weighted by Gasteiger charge is -2.06. The summed E-state index contributed by atoms with van der Waals surface area (Å²) in [5.74, 6) is 0.565. The van der Waals surface area contributed by atoms with Crippen LogP contribution in [0.5, 0.6) is 5.75 Å². The summed E-state index contributed by atoms with van der Waals surface area (Å²) >= 11 is 0. The zero-order valence-electron chi connectivity index (χ0n) is 11.3. The van der Waals surface area contributed by atoms with Gasteiger partial charge in [0.05, 0.1) is 12.7 Å². The van der Waals surface area contributed by atoms with Crippen molar-refractivity contribution in [2.45, 2.75) is 6.92 Å². The highest BCUT2D eigenvalue weighted by Crippen LogP contribution is 2.27. The molecule has 3 nitrogen and oxygen atoms in total. The lowest BCUT2D eigenvalue weighted by atomic mass is 10.0. The highest BCUT2D eigenvalue weighted by atomic mass is 16.5. The SMILES string of the molecule is COc1cccc2cc(-c3ccc(C)cc3)c(=O)oc12. The van der Waals surface area contributed by atoms with E-state index in [0.29, 0.717) is 16.9 Å². The molecule has 1 aromatic heterocycles. The second-order valence-electron chi connectivity index (χ2n) is 4.69. The Hall–Kier alpha value is -2.55. The van der Waals surface area contributed by atoms with Crippen LogP contribution in [0.25, 0.3) is 22.1 Å². The van der Waals surface area contributed by atoms with Crippen molar-refractivity contribution in [2.24, 2.45) is 0 Å². The van der Waals surface area contributed by atoms with E-state index in [1.165, 1.54) is 0 Å². The fourth-order valence-electron chi connectivity index (χ4n) is 2.21. The summed E-state index contributed by atoms with van der Waals surface area (Å²) in [5.41, 5.74) is 2.70. The van der Waals surface area contributed by atoms with Crippen LogP contribution in [-0.4, -0.2) is 7.11 Å². The molecule has 0 aliphatic heterocycles. The normalized spacial score (nSPS) is 10.7. The van der Waals surface area contributed by atoms with Crippen molar-refractivity contribution < 1.29 is 9.15 Å². The quantitative estimate of drug-likeness (QED) is 0.663. The third-order valence-electron chi connectivity index (χ3n) is 3.31.